The average Bonchev–Trinajstić information content (AvgIpc) is 2.67. The van der Waals surface area contributed by atoms with Crippen molar-refractivity contribution >= 4 is 43.8 Å². The zero-order chi connectivity index (χ0) is 12.4. The molecule has 0 spiro atoms. The lowest BCUT2D eigenvalue weighted by atomic mass is 10.2. The number of anilines is 2. The van der Waals surface area contributed by atoms with Gasteiger partial charge in [0.25, 0.3) is 5.69 Å². The lowest BCUT2D eigenvalue weighted by Crippen LogP contribution is -1.95. The number of non-ortho nitro benzene ring substituents is 1. The van der Waals surface area contributed by atoms with Crippen molar-refractivity contribution in [2.45, 2.75) is 6.92 Å². The molecule has 1 aromatic carbocycles. The molecule has 0 aliphatic heterocycles. The van der Waals surface area contributed by atoms with Crippen LogP contribution in [-0.4, -0.2) is 9.91 Å². The molecule has 0 bridgehead atoms. The van der Waals surface area contributed by atoms with E-state index >= 15 is 0 Å². The van der Waals surface area contributed by atoms with Gasteiger partial charge in [0.1, 0.15) is 4.60 Å². The van der Waals surface area contributed by atoms with Gasteiger partial charge < -0.3 is 5.32 Å². The first-order valence-corrected chi connectivity index (χ1v) is 6.36. The predicted molar refractivity (Wildman–Crippen MR) is 70.9 cm³/mol. The number of aryl methyl sites for hydroxylation is 1. The van der Waals surface area contributed by atoms with E-state index in [-0.39, 0.29) is 5.69 Å². The minimum atomic E-state index is -0.414. The summed E-state index contributed by atoms with van der Waals surface area (Å²) in [6.07, 6.45) is 0. The number of thiazole rings is 1. The van der Waals surface area contributed by atoms with Gasteiger partial charge in [-0.3, -0.25) is 10.1 Å². The highest BCUT2D eigenvalue weighted by molar-refractivity contribution is 9.10. The number of nitrogens with one attached hydrogen (secondary N) is 1. The van der Waals surface area contributed by atoms with E-state index in [9.17, 15) is 10.1 Å². The quantitative estimate of drug-likeness (QED) is 0.690. The molecule has 0 amide bonds. The Labute approximate surface area is 110 Å². The molecule has 0 unspecified atom stereocenters. The van der Waals surface area contributed by atoms with E-state index in [4.69, 9.17) is 0 Å². The lowest BCUT2D eigenvalue weighted by molar-refractivity contribution is -0.384. The van der Waals surface area contributed by atoms with E-state index in [1.165, 1.54) is 23.5 Å². The third kappa shape index (κ3) is 2.80. The Morgan fingerprint density at radius 2 is 2.29 bits per heavy atom. The van der Waals surface area contributed by atoms with E-state index < -0.39 is 4.92 Å². The minimum absolute atomic E-state index is 0.0636. The molecule has 17 heavy (non-hydrogen) atoms. The first-order valence-electron chi connectivity index (χ1n) is 4.69. The second-order valence-electron chi connectivity index (χ2n) is 3.36. The van der Waals surface area contributed by atoms with Crippen molar-refractivity contribution in [1.29, 1.82) is 0 Å². The Kier molecular flexibility index (Phi) is 3.39. The molecule has 1 N–H and O–H groups in total. The summed E-state index contributed by atoms with van der Waals surface area (Å²) >= 11 is 4.68. The number of halogens is 1. The van der Waals surface area contributed by atoms with Gasteiger partial charge in [0.2, 0.25) is 0 Å². The van der Waals surface area contributed by atoms with E-state index in [1.807, 2.05) is 12.3 Å². The van der Waals surface area contributed by atoms with Crippen molar-refractivity contribution < 1.29 is 4.92 Å². The van der Waals surface area contributed by atoms with Gasteiger partial charge >= 0.3 is 0 Å². The van der Waals surface area contributed by atoms with Gasteiger partial charge in [-0.15, -0.1) is 11.3 Å². The maximum atomic E-state index is 10.7. The molecule has 7 heteroatoms. The zero-order valence-corrected chi connectivity index (χ0v) is 11.2. The highest BCUT2D eigenvalue weighted by atomic mass is 79.9. The number of hydrogen-bond donors (Lipinski definition) is 1. The van der Waals surface area contributed by atoms with Crippen LogP contribution in [-0.2, 0) is 0 Å². The molecular formula is C10H8BrN3O2S. The summed E-state index contributed by atoms with van der Waals surface area (Å²) in [5, 5.41) is 16.3. The topological polar surface area (TPSA) is 68.1 Å². The monoisotopic (exact) mass is 313 g/mol. The highest BCUT2D eigenvalue weighted by Gasteiger charge is 2.09. The van der Waals surface area contributed by atoms with Gasteiger partial charge in [0.15, 0.2) is 5.13 Å². The maximum absolute atomic E-state index is 10.7. The van der Waals surface area contributed by atoms with Crippen LogP contribution in [0.3, 0.4) is 0 Å². The number of aromatic nitrogens is 1. The van der Waals surface area contributed by atoms with Gasteiger partial charge in [0.05, 0.1) is 10.6 Å². The zero-order valence-electron chi connectivity index (χ0n) is 8.81. The molecule has 0 fully saturated rings. The van der Waals surface area contributed by atoms with Gasteiger partial charge in [-0.25, -0.2) is 4.98 Å². The number of nitrogens with zero attached hydrogens (tertiary/aromatic N) is 2. The molecule has 0 saturated carbocycles. The molecule has 5 nitrogen and oxygen atoms in total. The molecule has 2 rings (SSSR count). The van der Waals surface area contributed by atoms with Crippen LogP contribution in [0.2, 0.25) is 0 Å². The van der Waals surface area contributed by atoms with E-state index in [1.54, 1.807) is 6.07 Å². The molecule has 0 atom stereocenters. The van der Waals surface area contributed by atoms with Crippen LogP contribution in [0.25, 0.3) is 0 Å². The Morgan fingerprint density at radius 3 is 2.88 bits per heavy atom. The molecule has 2 aromatic rings. The van der Waals surface area contributed by atoms with Crippen LogP contribution >= 0.6 is 27.3 Å². The normalized spacial score (nSPS) is 10.2. The van der Waals surface area contributed by atoms with Crippen molar-refractivity contribution in [1.82, 2.24) is 4.98 Å². The summed E-state index contributed by atoms with van der Waals surface area (Å²) in [4.78, 5) is 14.4. The Morgan fingerprint density at radius 1 is 1.53 bits per heavy atom. The smallest absolute Gasteiger partial charge is 0.271 e. The molecule has 1 heterocycles. The molecule has 0 aliphatic rings. The summed E-state index contributed by atoms with van der Waals surface area (Å²) in [5.41, 5.74) is 1.69. The number of rotatable bonds is 3. The number of nitro benzene ring substituents is 1. The predicted octanol–water partition coefficient (Wildman–Crippen LogP) is 3.87. The molecule has 1 aromatic heterocycles. The van der Waals surface area contributed by atoms with Crippen molar-refractivity contribution in [3.05, 3.63) is 43.9 Å². The van der Waals surface area contributed by atoms with Crippen LogP contribution in [0.15, 0.2) is 28.2 Å². The van der Waals surface area contributed by atoms with Crippen molar-refractivity contribution in [2.24, 2.45) is 0 Å². The Balaban J connectivity index is 2.31. The summed E-state index contributed by atoms with van der Waals surface area (Å²) in [6, 6.07) is 4.70. The molecule has 0 radical (unpaired) electrons. The third-order valence-corrected chi connectivity index (χ3v) is 3.62. The van der Waals surface area contributed by atoms with Gasteiger partial charge in [0, 0.05) is 17.5 Å². The summed E-state index contributed by atoms with van der Waals surface area (Å²) < 4.78 is 0.744. The second-order valence-corrected chi connectivity index (χ2v) is 5.03. The number of benzene rings is 1. The van der Waals surface area contributed by atoms with E-state index in [0.717, 1.165) is 10.2 Å². The van der Waals surface area contributed by atoms with Crippen LogP contribution in [0.1, 0.15) is 5.56 Å². The maximum Gasteiger partial charge on any atom is 0.271 e. The van der Waals surface area contributed by atoms with Crippen LogP contribution in [0.4, 0.5) is 16.5 Å². The van der Waals surface area contributed by atoms with Crippen LogP contribution in [0.5, 0.6) is 0 Å². The van der Waals surface area contributed by atoms with E-state index in [2.05, 4.69) is 26.2 Å². The minimum Gasteiger partial charge on any atom is -0.331 e. The molecule has 88 valence electrons. The molecule has 0 aliphatic carbocycles. The van der Waals surface area contributed by atoms with Crippen LogP contribution < -0.4 is 5.32 Å². The van der Waals surface area contributed by atoms with Crippen molar-refractivity contribution in [3.8, 4) is 0 Å². The van der Waals surface area contributed by atoms with Crippen LogP contribution in [0, 0.1) is 17.0 Å². The first kappa shape index (κ1) is 12.0. The van der Waals surface area contributed by atoms with Gasteiger partial charge in [-0.2, -0.15) is 0 Å². The van der Waals surface area contributed by atoms with Gasteiger partial charge in [-0.1, -0.05) is 6.07 Å². The Hall–Kier alpha value is -1.47. The first-order chi connectivity index (χ1) is 8.06. The van der Waals surface area contributed by atoms with Crippen molar-refractivity contribution in [3.63, 3.8) is 0 Å². The second kappa shape index (κ2) is 4.80. The summed E-state index contributed by atoms with van der Waals surface area (Å²) in [6.45, 7) is 1.88. The number of hydrogen-bond acceptors (Lipinski definition) is 5. The average molecular weight is 314 g/mol. The Bertz CT molecular complexity index is 570. The fourth-order valence-electron chi connectivity index (χ4n) is 1.28. The summed E-state index contributed by atoms with van der Waals surface area (Å²) in [5.74, 6) is 0. The lowest BCUT2D eigenvalue weighted by Gasteiger charge is -2.05. The molecular weight excluding hydrogens is 306 g/mol. The fraction of sp³-hybridized carbons (Fsp3) is 0.100. The SMILES string of the molecule is Cc1ccc([N+](=O)[O-])cc1Nc1nc(Br)cs1. The molecule has 0 saturated heterocycles. The third-order valence-electron chi connectivity index (χ3n) is 2.15. The van der Waals surface area contributed by atoms with Crippen molar-refractivity contribution in [2.75, 3.05) is 5.32 Å². The fourth-order valence-corrected chi connectivity index (χ4v) is 2.44. The van der Waals surface area contributed by atoms with Gasteiger partial charge in [-0.05, 0) is 28.4 Å². The standard InChI is InChI=1S/C10H8BrN3O2S/c1-6-2-3-7(14(15)16)4-8(6)12-10-13-9(11)5-17-10/h2-5H,1H3,(H,12,13). The number of nitro groups is 1. The largest absolute Gasteiger partial charge is 0.331 e. The summed E-state index contributed by atoms with van der Waals surface area (Å²) in [7, 11) is 0. The van der Waals surface area contributed by atoms with E-state index in [0.29, 0.717) is 10.8 Å². The highest BCUT2D eigenvalue weighted by Crippen LogP contribution is 2.28.